The predicted molar refractivity (Wildman–Crippen MR) is 76.5 cm³/mol. The summed E-state index contributed by atoms with van der Waals surface area (Å²) in [7, 11) is 0. The second-order valence-corrected chi connectivity index (χ2v) is 5.21. The van der Waals surface area contributed by atoms with Crippen LogP contribution >= 0.6 is 0 Å². The van der Waals surface area contributed by atoms with Gasteiger partial charge in [-0.25, -0.2) is 4.79 Å². The highest BCUT2D eigenvalue weighted by Gasteiger charge is 2.14. The van der Waals surface area contributed by atoms with E-state index in [1.54, 1.807) is 0 Å². The van der Waals surface area contributed by atoms with E-state index in [1.165, 1.54) is 5.56 Å². The lowest BCUT2D eigenvalue weighted by atomic mass is 10.0. The molecule has 1 aliphatic heterocycles. The van der Waals surface area contributed by atoms with Crippen LogP contribution in [0.3, 0.4) is 0 Å². The number of hydrogen-bond donors (Lipinski definition) is 2. The Hall–Kier alpha value is -1.55. The molecule has 1 aromatic rings. The Morgan fingerprint density at radius 1 is 1.32 bits per heavy atom. The Morgan fingerprint density at radius 3 is 2.74 bits per heavy atom. The number of hydrogen-bond acceptors (Lipinski definition) is 2. The van der Waals surface area contributed by atoms with Crippen LogP contribution in [0.25, 0.3) is 0 Å². The van der Waals surface area contributed by atoms with E-state index >= 15 is 0 Å². The first-order valence-corrected chi connectivity index (χ1v) is 6.85. The summed E-state index contributed by atoms with van der Waals surface area (Å²) >= 11 is 0. The van der Waals surface area contributed by atoms with E-state index in [-0.39, 0.29) is 6.03 Å². The standard InChI is InChI=1S/C15H22N2O2/c1-11-3-4-14(12(2)9-11)17-15(18)16-10-13-5-7-19-8-6-13/h3-4,9,13H,5-8,10H2,1-2H3,(H2,16,17,18). The number of ether oxygens (including phenoxy) is 1. The van der Waals surface area contributed by atoms with Gasteiger partial charge in [-0.2, -0.15) is 0 Å². The van der Waals surface area contributed by atoms with Crippen LogP contribution in [0.15, 0.2) is 18.2 Å². The zero-order valence-electron chi connectivity index (χ0n) is 11.7. The first kappa shape index (κ1) is 13.9. The van der Waals surface area contributed by atoms with E-state index in [4.69, 9.17) is 4.74 Å². The molecule has 2 amide bonds. The topological polar surface area (TPSA) is 50.4 Å². The minimum absolute atomic E-state index is 0.126. The highest BCUT2D eigenvalue weighted by molar-refractivity contribution is 5.90. The first-order valence-electron chi connectivity index (χ1n) is 6.85. The van der Waals surface area contributed by atoms with E-state index in [0.717, 1.165) is 43.9 Å². The first-order chi connectivity index (χ1) is 9.15. The molecule has 1 aliphatic rings. The fourth-order valence-corrected chi connectivity index (χ4v) is 2.31. The van der Waals surface area contributed by atoms with Gasteiger partial charge in [-0.3, -0.25) is 0 Å². The van der Waals surface area contributed by atoms with Crippen molar-refractivity contribution in [3.8, 4) is 0 Å². The summed E-state index contributed by atoms with van der Waals surface area (Å²) in [5.74, 6) is 0.540. The second-order valence-electron chi connectivity index (χ2n) is 5.21. The van der Waals surface area contributed by atoms with Crippen molar-refractivity contribution in [1.29, 1.82) is 0 Å². The Kier molecular flexibility index (Phi) is 4.80. The van der Waals surface area contributed by atoms with Gasteiger partial charge >= 0.3 is 6.03 Å². The van der Waals surface area contributed by atoms with Crippen LogP contribution in [-0.2, 0) is 4.74 Å². The molecule has 0 bridgehead atoms. The molecule has 0 radical (unpaired) electrons. The molecule has 104 valence electrons. The third kappa shape index (κ3) is 4.24. The Bertz CT molecular complexity index is 440. The summed E-state index contributed by atoms with van der Waals surface area (Å²) in [6.45, 7) is 6.39. The zero-order chi connectivity index (χ0) is 13.7. The molecule has 19 heavy (non-hydrogen) atoms. The van der Waals surface area contributed by atoms with Crippen molar-refractivity contribution in [2.24, 2.45) is 5.92 Å². The van der Waals surface area contributed by atoms with Crippen molar-refractivity contribution >= 4 is 11.7 Å². The molecule has 4 nitrogen and oxygen atoms in total. The van der Waals surface area contributed by atoms with Crippen LogP contribution in [0.2, 0.25) is 0 Å². The summed E-state index contributed by atoms with van der Waals surface area (Å²) in [5, 5.41) is 5.83. The molecule has 0 aromatic heterocycles. The van der Waals surface area contributed by atoms with Gasteiger partial charge in [-0.1, -0.05) is 17.7 Å². The normalized spacial score (nSPS) is 16.1. The maximum atomic E-state index is 11.8. The van der Waals surface area contributed by atoms with Crippen LogP contribution in [-0.4, -0.2) is 25.8 Å². The Morgan fingerprint density at radius 2 is 2.05 bits per heavy atom. The third-order valence-corrected chi connectivity index (χ3v) is 3.52. The molecule has 4 heteroatoms. The fraction of sp³-hybridized carbons (Fsp3) is 0.533. The molecule has 1 saturated heterocycles. The predicted octanol–water partition coefficient (Wildman–Crippen LogP) is 2.85. The minimum atomic E-state index is -0.126. The van der Waals surface area contributed by atoms with E-state index in [2.05, 4.69) is 16.7 Å². The van der Waals surface area contributed by atoms with E-state index in [9.17, 15) is 4.79 Å². The molecule has 0 saturated carbocycles. The number of urea groups is 1. The summed E-state index contributed by atoms with van der Waals surface area (Å²) in [4.78, 5) is 11.8. The van der Waals surface area contributed by atoms with Crippen LogP contribution in [0.5, 0.6) is 0 Å². The van der Waals surface area contributed by atoms with Crippen LogP contribution in [0, 0.1) is 19.8 Å². The lowest BCUT2D eigenvalue weighted by molar-refractivity contribution is 0.0671. The van der Waals surface area contributed by atoms with Crippen LogP contribution in [0.4, 0.5) is 10.5 Å². The average Bonchev–Trinajstić information content (AvgIpc) is 2.41. The maximum absolute atomic E-state index is 11.8. The van der Waals surface area contributed by atoms with Gasteiger partial charge < -0.3 is 15.4 Å². The van der Waals surface area contributed by atoms with Crippen LogP contribution < -0.4 is 10.6 Å². The van der Waals surface area contributed by atoms with Gasteiger partial charge in [0.15, 0.2) is 0 Å². The Balaban J connectivity index is 1.80. The summed E-state index contributed by atoms with van der Waals surface area (Å²) < 4.78 is 5.30. The van der Waals surface area contributed by atoms with Crippen molar-refractivity contribution in [3.63, 3.8) is 0 Å². The van der Waals surface area contributed by atoms with Crippen molar-refractivity contribution in [2.45, 2.75) is 26.7 Å². The largest absolute Gasteiger partial charge is 0.381 e. The number of carbonyl (C=O) groups excluding carboxylic acids is 1. The Labute approximate surface area is 114 Å². The molecule has 0 spiro atoms. The molecule has 0 aliphatic carbocycles. The summed E-state index contributed by atoms with van der Waals surface area (Å²) in [6, 6.07) is 5.88. The minimum Gasteiger partial charge on any atom is -0.381 e. The van der Waals surface area contributed by atoms with Gasteiger partial charge in [-0.05, 0) is 44.2 Å². The molecule has 2 N–H and O–H groups in total. The number of benzene rings is 1. The molecule has 1 aromatic carbocycles. The van der Waals surface area contributed by atoms with Crippen LogP contribution in [0.1, 0.15) is 24.0 Å². The number of anilines is 1. The molecular formula is C15H22N2O2. The van der Waals surface area contributed by atoms with Gasteiger partial charge in [0.25, 0.3) is 0 Å². The molecule has 1 heterocycles. The van der Waals surface area contributed by atoms with E-state index < -0.39 is 0 Å². The molecule has 0 unspecified atom stereocenters. The number of nitrogens with one attached hydrogen (secondary N) is 2. The monoisotopic (exact) mass is 262 g/mol. The highest BCUT2D eigenvalue weighted by Crippen LogP contribution is 2.16. The summed E-state index contributed by atoms with van der Waals surface area (Å²) in [6.07, 6.45) is 2.06. The number of amides is 2. The van der Waals surface area contributed by atoms with E-state index in [1.807, 2.05) is 26.0 Å². The van der Waals surface area contributed by atoms with Crippen molar-refractivity contribution in [3.05, 3.63) is 29.3 Å². The average molecular weight is 262 g/mol. The van der Waals surface area contributed by atoms with Gasteiger partial charge in [0.2, 0.25) is 0 Å². The molecule has 2 rings (SSSR count). The van der Waals surface area contributed by atoms with Gasteiger partial charge in [0.05, 0.1) is 0 Å². The van der Waals surface area contributed by atoms with Crippen molar-refractivity contribution < 1.29 is 9.53 Å². The number of carbonyl (C=O) groups is 1. The maximum Gasteiger partial charge on any atom is 0.319 e. The number of rotatable bonds is 3. The van der Waals surface area contributed by atoms with Crippen molar-refractivity contribution in [1.82, 2.24) is 5.32 Å². The molecular weight excluding hydrogens is 240 g/mol. The highest BCUT2D eigenvalue weighted by atomic mass is 16.5. The second kappa shape index (κ2) is 6.57. The fourth-order valence-electron chi connectivity index (χ4n) is 2.31. The molecule has 0 atom stereocenters. The molecule has 1 fully saturated rings. The zero-order valence-corrected chi connectivity index (χ0v) is 11.7. The van der Waals surface area contributed by atoms with E-state index in [0.29, 0.717) is 5.92 Å². The quantitative estimate of drug-likeness (QED) is 0.880. The van der Waals surface area contributed by atoms with Crippen molar-refractivity contribution in [2.75, 3.05) is 25.1 Å². The third-order valence-electron chi connectivity index (χ3n) is 3.52. The number of aryl methyl sites for hydroxylation is 2. The lowest BCUT2D eigenvalue weighted by Crippen LogP contribution is -2.35. The smallest absolute Gasteiger partial charge is 0.319 e. The summed E-state index contributed by atoms with van der Waals surface area (Å²) in [5.41, 5.74) is 3.15. The van der Waals surface area contributed by atoms with Gasteiger partial charge in [0, 0.05) is 25.4 Å². The SMILES string of the molecule is Cc1ccc(NC(=O)NCC2CCOCC2)c(C)c1. The van der Waals surface area contributed by atoms with Gasteiger partial charge in [0.1, 0.15) is 0 Å². The van der Waals surface area contributed by atoms with Gasteiger partial charge in [-0.15, -0.1) is 0 Å². The lowest BCUT2D eigenvalue weighted by Gasteiger charge is -2.22.